The van der Waals surface area contributed by atoms with Crippen LogP contribution in [-0.4, -0.2) is 26.2 Å². The maximum Gasteiger partial charge on any atom is 0.305 e. The number of ether oxygens (including phenoxy) is 2. The molecule has 0 aliphatic carbocycles. The highest BCUT2D eigenvalue weighted by atomic mass is 16.5. The summed E-state index contributed by atoms with van der Waals surface area (Å²) in [6.07, 6.45) is 33.1. The van der Waals surface area contributed by atoms with Crippen LogP contribution >= 0.6 is 0 Å². The lowest BCUT2D eigenvalue weighted by atomic mass is 10.0. The predicted molar refractivity (Wildman–Crippen MR) is 155 cm³/mol. The van der Waals surface area contributed by atoms with Gasteiger partial charge in [-0.15, -0.1) is 0 Å². The molecule has 0 bridgehead atoms. The lowest BCUT2D eigenvalue weighted by molar-refractivity contribution is -0.141. The topological polar surface area (TPSA) is 52.6 Å². The third-order valence-electron chi connectivity index (χ3n) is 6.92. The van der Waals surface area contributed by atoms with Crippen molar-refractivity contribution in [1.82, 2.24) is 0 Å². The molecule has 0 N–H and O–H groups in total. The summed E-state index contributed by atoms with van der Waals surface area (Å²) in [5.74, 6) is -0.135. The van der Waals surface area contributed by atoms with E-state index in [1.807, 2.05) is 0 Å². The van der Waals surface area contributed by atoms with Crippen LogP contribution in [0, 0.1) is 0 Å². The van der Waals surface area contributed by atoms with Crippen LogP contribution in [0.4, 0.5) is 0 Å². The highest BCUT2D eigenvalue weighted by Crippen LogP contribution is 2.13. The Morgan fingerprint density at radius 1 is 0.361 bits per heavy atom. The van der Waals surface area contributed by atoms with E-state index < -0.39 is 0 Å². The zero-order chi connectivity index (χ0) is 27.0. The van der Waals surface area contributed by atoms with Gasteiger partial charge in [0.05, 0.1) is 14.2 Å². The van der Waals surface area contributed by atoms with Crippen molar-refractivity contribution in [1.29, 1.82) is 0 Å². The van der Waals surface area contributed by atoms with E-state index in [2.05, 4.69) is 23.3 Å². The Kier molecular flexibility index (Phi) is 35.0. The van der Waals surface area contributed by atoms with Crippen LogP contribution in [0.15, 0.2) is 0 Å². The first-order chi connectivity index (χ1) is 17.6. The largest absolute Gasteiger partial charge is 0.469 e. The van der Waals surface area contributed by atoms with Gasteiger partial charge in [0.1, 0.15) is 0 Å². The third kappa shape index (κ3) is 35.1. The van der Waals surface area contributed by atoms with Gasteiger partial charge in [0.2, 0.25) is 0 Å². The highest BCUT2D eigenvalue weighted by molar-refractivity contribution is 5.69. The number of carbonyl (C=O) groups excluding carboxylic acids is 2. The van der Waals surface area contributed by atoms with Gasteiger partial charge in [-0.3, -0.25) is 9.59 Å². The fourth-order valence-electron chi connectivity index (χ4n) is 4.42. The molecule has 0 aliphatic rings. The Morgan fingerprint density at radius 2 is 0.556 bits per heavy atom. The van der Waals surface area contributed by atoms with Crippen molar-refractivity contribution < 1.29 is 19.1 Å². The van der Waals surface area contributed by atoms with Crippen molar-refractivity contribution in [2.24, 2.45) is 0 Å². The number of carbonyl (C=O) groups is 2. The summed E-state index contributed by atoms with van der Waals surface area (Å²) in [4.78, 5) is 21.7. The molecule has 0 aromatic rings. The summed E-state index contributed by atoms with van der Waals surface area (Å²) in [6.45, 7) is 4.53. The molecule has 36 heavy (non-hydrogen) atoms. The molecule has 0 aromatic carbocycles. The molecule has 216 valence electrons. The van der Waals surface area contributed by atoms with Crippen LogP contribution in [0.5, 0.6) is 0 Å². The van der Waals surface area contributed by atoms with E-state index in [0.29, 0.717) is 12.8 Å². The molecule has 0 fully saturated rings. The minimum atomic E-state index is -0.0675. The quantitative estimate of drug-likeness (QED) is 0.0854. The normalized spacial score (nSPS) is 10.6. The average Bonchev–Trinajstić information content (AvgIpc) is 2.89. The Labute approximate surface area is 226 Å². The SMILES string of the molecule is CCCCCCCCCCCCCCC(=O)OC.CCCCCCCCCCCCCCC(=O)OC. The predicted octanol–water partition coefficient (Wildman–Crippen LogP) is 10.5. The molecule has 0 aromatic heterocycles. The summed E-state index contributed by atoms with van der Waals surface area (Å²) in [5.41, 5.74) is 0. The van der Waals surface area contributed by atoms with Crippen molar-refractivity contribution in [2.75, 3.05) is 14.2 Å². The van der Waals surface area contributed by atoms with Gasteiger partial charge >= 0.3 is 11.9 Å². The summed E-state index contributed by atoms with van der Waals surface area (Å²) < 4.78 is 9.22. The van der Waals surface area contributed by atoms with E-state index in [4.69, 9.17) is 0 Å². The molecule has 4 nitrogen and oxygen atoms in total. The molecule has 0 amide bonds. The smallest absolute Gasteiger partial charge is 0.305 e. The fraction of sp³-hybridized carbons (Fsp3) is 0.938. The van der Waals surface area contributed by atoms with Gasteiger partial charge in [0.15, 0.2) is 0 Å². The van der Waals surface area contributed by atoms with Gasteiger partial charge in [0, 0.05) is 12.8 Å². The zero-order valence-corrected chi connectivity index (χ0v) is 25.0. The van der Waals surface area contributed by atoms with E-state index in [9.17, 15) is 9.59 Å². The maximum atomic E-state index is 10.9. The summed E-state index contributed by atoms with van der Waals surface area (Å²) >= 11 is 0. The zero-order valence-electron chi connectivity index (χ0n) is 25.0. The molecule has 0 saturated heterocycles. The molecule has 4 heteroatoms. The number of methoxy groups -OCH3 is 2. The Bertz CT molecular complexity index is 396. The molecule has 0 atom stereocenters. The minimum Gasteiger partial charge on any atom is -0.469 e. The fourth-order valence-corrected chi connectivity index (χ4v) is 4.42. The molecular formula is C32H64O4. The van der Waals surface area contributed by atoms with Crippen molar-refractivity contribution in [3.63, 3.8) is 0 Å². The second-order valence-electron chi connectivity index (χ2n) is 10.4. The molecule has 0 unspecified atom stereocenters. The van der Waals surface area contributed by atoms with Gasteiger partial charge in [0.25, 0.3) is 0 Å². The van der Waals surface area contributed by atoms with Crippen molar-refractivity contribution in [2.45, 2.75) is 181 Å². The van der Waals surface area contributed by atoms with Gasteiger partial charge in [-0.2, -0.15) is 0 Å². The number of hydrogen-bond donors (Lipinski definition) is 0. The van der Waals surface area contributed by atoms with E-state index in [1.165, 1.54) is 155 Å². The summed E-state index contributed by atoms with van der Waals surface area (Å²) in [7, 11) is 2.92. The minimum absolute atomic E-state index is 0.0675. The van der Waals surface area contributed by atoms with Gasteiger partial charge in [-0.25, -0.2) is 0 Å². The molecule has 0 saturated carbocycles. The number of unbranched alkanes of at least 4 members (excludes halogenated alkanes) is 22. The third-order valence-corrected chi connectivity index (χ3v) is 6.92. The summed E-state index contributed by atoms with van der Waals surface area (Å²) in [6, 6.07) is 0. The molecule has 0 heterocycles. The van der Waals surface area contributed by atoms with E-state index in [-0.39, 0.29) is 11.9 Å². The average molecular weight is 513 g/mol. The Balaban J connectivity index is 0. The lowest BCUT2D eigenvalue weighted by Gasteiger charge is -2.02. The van der Waals surface area contributed by atoms with Crippen molar-refractivity contribution in [3.8, 4) is 0 Å². The monoisotopic (exact) mass is 512 g/mol. The number of rotatable bonds is 26. The first-order valence-corrected chi connectivity index (χ1v) is 15.8. The van der Waals surface area contributed by atoms with Gasteiger partial charge in [-0.05, 0) is 12.8 Å². The van der Waals surface area contributed by atoms with Crippen LogP contribution in [0.3, 0.4) is 0 Å². The van der Waals surface area contributed by atoms with Gasteiger partial charge < -0.3 is 9.47 Å². The molecule has 0 radical (unpaired) electrons. The first-order valence-electron chi connectivity index (χ1n) is 15.8. The second kappa shape index (κ2) is 33.9. The summed E-state index contributed by atoms with van der Waals surface area (Å²) in [5, 5.41) is 0. The van der Waals surface area contributed by atoms with E-state index in [1.54, 1.807) is 0 Å². The van der Waals surface area contributed by atoms with E-state index >= 15 is 0 Å². The molecule has 0 spiro atoms. The molecule has 0 aliphatic heterocycles. The lowest BCUT2D eigenvalue weighted by Crippen LogP contribution is -1.99. The maximum absolute atomic E-state index is 10.9. The van der Waals surface area contributed by atoms with Crippen LogP contribution in [0.1, 0.15) is 181 Å². The van der Waals surface area contributed by atoms with Crippen molar-refractivity contribution in [3.05, 3.63) is 0 Å². The standard InChI is InChI=1S/2C16H32O2/c2*1-3-4-5-6-7-8-9-10-11-12-13-14-15-16(17)18-2/h2*3-15H2,1-2H3. The van der Waals surface area contributed by atoms with Crippen LogP contribution in [-0.2, 0) is 19.1 Å². The molecular weight excluding hydrogens is 448 g/mol. The first kappa shape index (κ1) is 37.1. The highest BCUT2D eigenvalue weighted by Gasteiger charge is 2.00. The van der Waals surface area contributed by atoms with Crippen LogP contribution in [0.25, 0.3) is 0 Å². The van der Waals surface area contributed by atoms with Crippen LogP contribution < -0.4 is 0 Å². The van der Waals surface area contributed by atoms with E-state index in [0.717, 1.165) is 12.8 Å². The number of esters is 2. The van der Waals surface area contributed by atoms with Crippen LogP contribution in [0.2, 0.25) is 0 Å². The molecule has 0 rings (SSSR count). The second-order valence-corrected chi connectivity index (χ2v) is 10.4. The van der Waals surface area contributed by atoms with Crippen molar-refractivity contribution >= 4 is 11.9 Å². The van der Waals surface area contributed by atoms with Gasteiger partial charge in [-0.1, -0.05) is 155 Å². The Hall–Kier alpha value is -1.06. The Morgan fingerprint density at radius 3 is 0.750 bits per heavy atom. The number of hydrogen-bond acceptors (Lipinski definition) is 4.